The zero-order valence-corrected chi connectivity index (χ0v) is 20.3. The molecule has 1 amide bonds. The molecular weight excluding hydrogens is 485 g/mol. The summed E-state index contributed by atoms with van der Waals surface area (Å²) in [6.45, 7) is 1.02. The van der Waals surface area contributed by atoms with E-state index in [2.05, 4.69) is 5.32 Å². The van der Waals surface area contributed by atoms with E-state index in [0.717, 1.165) is 22.3 Å². The fourth-order valence-corrected chi connectivity index (χ4v) is 5.09. The molecule has 3 atom stereocenters. The minimum Gasteiger partial charge on any atom is -0.480 e. The first kappa shape index (κ1) is 25.6. The van der Waals surface area contributed by atoms with Crippen molar-refractivity contribution < 1.29 is 37.9 Å². The van der Waals surface area contributed by atoms with Crippen LogP contribution in [0.3, 0.4) is 0 Å². The second-order valence-electron chi connectivity index (χ2n) is 8.32. The zero-order chi connectivity index (χ0) is 25.7. The first-order valence-corrected chi connectivity index (χ1v) is 12.8. The van der Waals surface area contributed by atoms with E-state index in [9.17, 15) is 24.2 Å². The first-order valence-electron chi connectivity index (χ1n) is 11.3. The quantitative estimate of drug-likeness (QED) is 0.334. The minimum absolute atomic E-state index is 0.0138. The molecule has 0 spiro atoms. The maximum absolute atomic E-state index is 12.5. The molecule has 0 bridgehead atoms. The summed E-state index contributed by atoms with van der Waals surface area (Å²) in [7, 11) is -4.61. The van der Waals surface area contributed by atoms with Crippen LogP contribution in [-0.4, -0.2) is 40.8 Å². The summed E-state index contributed by atoms with van der Waals surface area (Å²) in [6.07, 6.45) is -2.38. The molecule has 0 aromatic heterocycles. The van der Waals surface area contributed by atoms with Crippen molar-refractivity contribution in [2.75, 3.05) is 6.61 Å². The van der Waals surface area contributed by atoms with E-state index in [4.69, 9.17) is 13.8 Å². The fraction of sp³-hybridized carbons (Fsp3) is 0.231. The Hall–Kier alpha value is -3.49. The van der Waals surface area contributed by atoms with Crippen molar-refractivity contribution in [1.82, 2.24) is 5.32 Å². The lowest BCUT2D eigenvalue weighted by Crippen LogP contribution is -2.48. The fourth-order valence-electron chi connectivity index (χ4n) is 4.18. The first-order chi connectivity index (χ1) is 17.2. The Morgan fingerprint density at radius 2 is 1.50 bits per heavy atom. The van der Waals surface area contributed by atoms with Crippen molar-refractivity contribution >= 4 is 19.9 Å². The van der Waals surface area contributed by atoms with Gasteiger partial charge in [-0.25, -0.2) is 14.2 Å². The SMILES string of the molecule is C[C@@H](OP(=O)(O)OCc1ccccc1)[C@H](NC(=O)OCC1c2ccccc2-c2ccccc21)C(=O)O. The van der Waals surface area contributed by atoms with E-state index in [1.165, 1.54) is 6.92 Å². The summed E-state index contributed by atoms with van der Waals surface area (Å²) in [4.78, 5) is 34.3. The number of rotatable bonds is 10. The van der Waals surface area contributed by atoms with Crippen LogP contribution in [0.25, 0.3) is 11.1 Å². The van der Waals surface area contributed by atoms with Gasteiger partial charge in [-0.15, -0.1) is 0 Å². The maximum atomic E-state index is 12.5. The number of carbonyl (C=O) groups is 2. The summed E-state index contributed by atoms with van der Waals surface area (Å²) in [5.41, 5.74) is 4.77. The molecule has 0 saturated carbocycles. The summed E-state index contributed by atoms with van der Waals surface area (Å²) < 4.78 is 27.6. The van der Waals surface area contributed by atoms with Gasteiger partial charge in [0.25, 0.3) is 0 Å². The number of aliphatic carboxylic acids is 1. The van der Waals surface area contributed by atoms with Crippen LogP contribution < -0.4 is 5.32 Å². The normalized spacial score (nSPS) is 15.7. The summed E-state index contributed by atoms with van der Waals surface area (Å²) in [5, 5.41) is 11.8. The number of carboxylic acid groups (broad SMARTS) is 1. The molecular formula is C26H26NO8P. The number of phosphoric acid groups is 1. The van der Waals surface area contributed by atoms with Crippen LogP contribution in [0.15, 0.2) is 78.9 Å². The molecule has 3 aromatic carbocycles. The van der Waals surface area contributed by atoms with Gasteiger partial charge in [0.2, 0.25) is 0 Å². The lowest BCUT2D eigenvalue weighted by atomic mass is 9.98. The third-order valence-electron chi connectivity index (χ3n) is 5.89. The Morgan fingerprint density at radius 1 is 0.944 bits per heavy atom. The van der Waals surface area contributed by atoms with Crippen molar-refractivity contribution in [3.8, 4) is 11.1 Å². The summed E-state index contributed by atoms with van der Waals surface area (Å²) in [5.74, 6) is -1.66. The number of carboxylic acids is 1. The van der Waals surface area contributed by atoms with Gasteiger partial charge in [-0.3, -0.25) is 9.05 Å². The number of carbonyl (C=O) groups excluding carboxylic acids is 1. The van der Waals surface area contributed by atoms with Crippen molar-refractivity contribution in [3.63, 3.8) is 0 Å². The van der Waals surface area contributed by atoms with Crippen LogP contribution >= 0.6 is 7.82 Å². The minimum atomic E-state index is -4.61. The molecule has 0 saturated heterocycles. The molecule has 36 heavy (non-hydrogen) atoms. The number of nitrogens with one attached hydrogen (secondary N) is 1. The number of ether oxygens (including phenoxy) is 1. The molecule has 0 aliphatic heterocycles. The van der Waals surface area contributed by atoms with Crippen molar-refractivity contribution in [2.45, 2.75) is 31.6 Å². The average Bonchev–Trinajstić information content (AvgIpc) is 3.18. The van der Waals surface area contributed by atoms with Crippen molar-refractivity contribution in [1.29, 1.82) is 0 Å². The van der Waals surface area contributed by atoms with E-state index in [-0.39, 0.29) is 19.1 Å². The Labute approximate surface area is 208 Å². The van der Waals surface area contributed by atoms with E-state index >= 15 is 0 Å². The highest BCUT2D eigenvalue weighted by Gasteiger charge is 2.35. The Bertz CT molecular complexity index is 1240. The van der Waals surface area contributed by atoms with Gasteiger partial charge in [0.15, 0.2) is 6.04 Å². The number of phosphoric ester groups is 1. The van der Waals surface area contributed by atoms with Gasteiger partial charge in [0, 0.05) is 5.92 Å². The Balaban J connectivity index is 1.35. The van der Waals surface area contributed by atoms with Crippen molar-refractivity contribution in [3.05, 3.63) is 95.6 Å². The predicted molar refractivity (Wildman–Crippen MR) is 131 cm³/mol. The molecule has 1 aliphatic carbocycles. The number of hydrogen-bond donors (Lipinski definition) is 3. The molecule has 3 aromatic rings. The number of benzene rings is 3. The topological polar surface area (TPSA) is 131 Å². The lowest BCUT2D eigenvalue weighted by molar-refractivity contribution is -0.141. The maximum Gasteiger partial charge on any atom is 0.472 e. The van der Waals surface area contributed by atoms with Gasteiger partial charge in [-0.1, -0.05) is 78.9 Å². The second-order valence-corrected chi connectivity index (χ2v) is 9.73. The van der Waals surface area contributed by atoms with Gasteiger partial charge in [-0.2, -0.15) is 0 Å². The molecule has 10 heteroatoms. The van der Waals surface area contributed by atoms with E-state index in [1.54, 1.807) is 30.3 Å². The van der Waals surface area contributed by atoms with Crippen LogP contribution in [0.2, 0.25) is 0 Å². The summed E-state index contributed by atoms with van der Waals surface area (Å²) >= 11 is 0. The molecule has 1 aliphatic rings. The highest BCUT2D eigenvalue weighted by molar-refractivity contribution is 7.47. The van der Waals surface area contributed by atoms with Crippen LogP contribution in [0.5, 0.6) is 0 Å². The third kappa shape index (κ3) is 6.01. The van der Waals surface area contributed by atoms with E-state index in [0.29, 0.717) is 5.56 Å². The van der Waals surface area contributed by atoms with Crippen LogP contribution in [0.4, 0.5) is 4.79 Å². The van der Waals surface area contributed by atoms with Gasteiger partial charge in [0.05, 0.1) is 12.7 Å². The van der Waals surface area contributed by atoms with Crippen LogP contribution in [-0.2, 0) is 29.8 Å². The summed E-state index contributed by atoms with van der Waals surface area (Å²) in [6, 6.07) is 22.6. The molecule has 0 fully saturated rings. The monoisotopic (exact) mass is 511 g/mol. The largest absolute Gasteiger partial charge is 0.480 e. The molecule has 3 N–H and O–H groups in total. The molecule has 4 rings (SSSR count). The lowest BCUT2D eigenvalue weighted by Gasteiger charge is -2.24. The number of fused-ring (bicyclic) bond motifs is 3. The van der Waals surface area contributed by atoms with Crippen LogP contribution in [0.1, 0.15) is 29.5 Å². The zero-order valence-electron chi connectivity index (χ0n) is 19.4. The van der Waals surface area contributed by atoms with Gasteiger partial charge >= 0.3 is 19.9 Å². The Morgan fingerprint density at radius 3 is 2.08 bits per heavy atom. The Kier molecular flexibility index (Phi) is 7.86. The molecule has 9 nitrogen and oxygen atoms in total. The van der Waals surface area contributed by atoms with E-state index in [1.807, 2.05) is 48.5 Å². The molecule has 0 radical (unpaired) electrons. The molecule has 0 heterocycles. The average molecular weight is 511 g/mol. The number of hydrogen-bond acceptors (Lipinski definition) is 6. The van der Waals surface area contributed by atoms with E-state index < -0.39 is 32.0 Å². The van der Waals surface area contributed by atoms with Gasteiger partial charge in [-0.05, 0) is 34.7 Å². The molecule has 1 unspecified atom stereocenters. The number of amides is 1. The number of alkyl carbamates (subject to hydrolysis) is 1. The van der Waals surface area contributed by atoms with Crippen LogP contribution in [0, 0.1) is 0 Å². The third-order valence-corrected chi connectivity index (χ3v) is 6.94. The standard InChI is InChI=1S/C26H26NO8P/c1-17(35-36(31,32)34-15-18-9-3-2-4-10-18)24(25(28)29)27-26(30)33-16-23-21-13-7-5-11-19(21)20-12-6-8-14-22(20)23/h2-14,17,23-24H,15-16H2,1H3,(H,27,30)(H,28,29)(H,31,32)/t17-,24+/m1/s1. The highest BCUT2D eigenvalue weighted by Crippen LogP contribution is 2.46. The predicted octanol–water partition coefficient (Wildman–Crippen LogP) is 4.70. The second kappa shape index (κ2) is 11.1. The molecule has 188 valence electrons. The highest BCUT2D eigenvalue weighted by atomic mass is 31.2. The van der Waals surface area contributed by atoms with Crippen molar-refractivity contribution in [2.24, 2.45) is 0 Å². The van der Waals surface area contributed by atoms with Gasteiger partial charge in [0.1, 0.15) is 6.61 Å². The smallest absolute Gasteiger partial charge is 0.472 e. The van der Waals surface area contributed by atoms with Gasteiger partial charge < -0.3 is 20.1 Å².